The van der Waals surface area contributed by atoms with Crippen LogP contribution in [0.3, 0.4) is 0 Å². The molecule has 13 heteroatoms. The number of carbonyl (C=O) groups excluding carboxylic acids is 1. The highest BCUT2D eigenvalue weighted by Crippen LogP contribution is 2.27. The first kappa shape index (κ1) is 21.9. The van der Waals surface area contributed by atoms with Crippen molar-refractivity contribution >= 4 is 23.9 Å². The van der Waals surface area contributed by atoms with Crippen molar-refractivity contribution in [3.05, 3.63) is 33.4 Å². The van der Waals surface area contributed by atoms with Gasteiger partial charge in [0.05, 0.1) is 0 Å². The molecule has 0 aromatic carbocycles. The van der Waals surface area contributed by atoms with Gasteiger partial charge in [-0.1, -0.05) is 0 Å². The third-order valence-corrected chi connectivity index (χ3v) is 5.04. The van der Waals surface area contributed by atoms with Crippen LogP contribution in [0.2, 0.25) is 0 Å². The summed E-state index contributed by atoms with van der Waals surface area (Å²) in [6, 6.07) is 0. The summed E-state index contributed by atoms with van der Waals surface area (Å²) in [5, 5.41) is 13.2. The molecule has 0 saturated carbocycles. The molecule has 3 aromatic rings. The zero-order chi connectivity index (χ0) is 22.1. The van der Waals surface area contributed by atoms with Crippen LogP contribution in [0.15, 0.2) is 0 Å². The second-order valence-electron chi connectivity index (χ2n) is 6.70. The van der Waals surface area contributed by atoms with Gasteiger partial charge in [-0.05, 0) is 45.0 Å². The maximum atomic E-state index is 12.9. The van der Waals surface area contributed by atoms with E-state index in [4.69, 9.17) is 12.2 Å². The summed E-state index contributed by atoms with van der Waals surface area (Å²) in [5.74, 6) is -0.774. The number of amides is 1. The van der Waals surface area contributed by atoms with Crippen LogP contribution >= 0.6 is 12.2 Å². The van der Waals surface area contributed by atoms with E-state index in [0.29, 0.717) is 47.7 Å². The van der Waals surface area contributed by atoms with E-state index in [-0.39, 0.29) is 18.1 Å². The van der Waals surface area contributed by atoms with E-state index >= 15 is 0 Å². The Labute approximate surface area is 174 Å². The molecule has 0 spiro atoms. The smallest absolute Gasteiger partial charge is 0.356 e. The average molecular weight is 442 g/mol. The number of carbonyl (C=O) groups is 1. The summed E-state index contributed by atoms with van der Waals surface area (Å²) in [5.41, 5.74) is 1.67. The van der Waals surface area contributed by atoms with Gasteiger partial charge in [-0.2, -0.15) is 23.3 Å². The Morgan fingerprint density at radius 1 is 1.23 bits per heavy atom. The average Bonchev–Trinajstić information content (AvgIpc) is 3.25. The predicted molar refractivity (Wildman–Crippen MR) is 103 cm³/mol. The Kier molecular flexibility index (Phi) is 6.19. The molecular weight excluding hydrogens is 421 g/mol. The van der Waals surface area contributed by atoms with Gasteiger partial charge in [0, 0.05) is 37.3 Å². The number of halogens is 3. The van der Waals surface area contributed by atoms with Gasteiger partial charge in [0.2, 0.25) is 5.91 Å². The van der Waals surface area contributed by atoms with Gasteiger partial charge >= 0.3 is 6.18 Å². The van der Waals surface area contributed by atoms with Crippen LogP contribution in [0, 0.1) is 18.6 Å². The van der Waals surface area contributed by atoms with E-state index in [1.54, 1.807) is 13.8 Å². The third kappa shape index (κ3) is 4.50. The van der Waals surface area contributed by atoms with Crippen LogP contribution < -0.4 is 5.32 Å². The molecule has 0 unspecified atom stereocenters. The third-order valence-electron chi connectivity index (χ3n) is 4.73. The monoisotopic (exact) mass is 442 g/mol. The Hall–Kier alpha value is -2.83. The van der Waals surface area contributed by atoms with Crippen LogP contribution in [0.25, 0.3) is 5.78 Å². The van der Waals surface area contributed by atoms with Gasteiger partial charge in [0.25, 0.3) is 11.6 Å². The van der Waals surface area contributed by atoms with Crippen LogP contribution in [0.4, 0.5) is 13.2 Å². The number of hydrogen-bond donors (Lipinski definition) is 2. The first-order valence-electron chi connectivity index (χ1n) is 9.32. The molecule has 3 aromatic heterocycles. The molecule has 3 rings (SSSR count). The van der Waals surface area contributed by atoms with Gasteiger partial charge in [-0.3, -0.25) is 9.89 Å². The molecule has 1 amide bonds. The second-order valence-corrected chi connectivity index (χ2v) is 7.08. The summed E-state index contributed by atoms with van der Waals surface area (Å²) >= 11 is 5.13. The number of nitrogens with one attached hydrogen (secondary N) is 2. The Morgan fingerprint density at radius 3 is 2.63 bits per heavy atom. The van der Waals surface area contributed by atoms with Gasteiger partial charge in [0.15, 0.2) is 4.77 Å². The van der Waals surface area contributed by atoms with Crippen LogP contribution in [0.5, 0.6) is 0 Å². The second kappa shape index (κ2) is 8.50. The van der Waals surface area contributed by atoms with Crippen molar-refractivity contribution in [3.8, 4) is 0 Å². The minimum absolute atomic E-state index is 0.116. The molecule has 0 aliphatic heterocycles. The number of aromatic nitrogens is 7. The van der Waals surface area contributed by atoms with Gasteiger partial charge in [0.1, 0.15) is 5.82 Å². The lowest BCUT2D eigenvalue weighted by Crippen LogP contribution is -2.27. The highest BCUT2D eigenvalue weighted by Gasteiger charge is 2.36. The lowest BCUT2D eigenvalue weighted by Gasteiger charge is -2.10. The summed E-state index contributed by atoms with van der Waals surface area (Å²) in [6.45, 7) is 6.35. The minimum atomic E-state index is -4.65. The number of rotatable bonds is 7. The van der Waals surface area contributed by atoms with Crippen LogP contribution in [0.1, 0.15) is 41.9 Å². The highest BCUT2D eigenvalue weighted by atomic mass is 32.1. The fraction of sp³-hybridized carbons (Fsp3) is 0.529. The molecule has 0 aliphatic carbocycles. The van der Waals surface area contributed by atoms with E-state index in [1.165, 1.54) is 0 Å². The van der Waals surface area contributed by atoms with E-state index in [2.05, 4.69) is 30.6 Å². The van der Waals surface area contributed by atoms with Crippen LogP contribution in [-0.2, 0) is 30.4 Å². The molecule has 30 heavy (non-hydrogen) atoms. The fourth-order valence-corrected chi connectivity index (χ4v) is 3.48. The number of alkyl halides is 3. The molecule has 2 N–H and O–H groups in total. The lowest BCUT2D eigenvalue weighted by atomic mass is 10.1. The SMILES string of the molecule is CCn1c(CCNC(=O)CCc2c(C)nc3nc(C(F)(F)F)nn3c2C)n[nH]c1=S. The van der Waals surface area contributed by atoms with Crippen molar-refractivity contribution in [1.82, 2.24) is 39.7 Å². The van der Waals surface area contributed by atoms with E-state index < -0.39 is 12.0 Å². The quantitative estimate of drug-likeness (QED) is 0.544. The lowest BCUT2D eigenvalue weighted by molar-refractivity contribution is -0.144. The topological polar surface area (TPSA) is 106 Å². The van der Waals surface area contributed by atoms with Gasteiger partial charge < -0.3 is 9.88 Å². The summed E-state index contributed by atoms with van der Waals surface area (Å²) in [4.78, 5) is 19.8. The summed E-state index contributed by atoms with van der Waals surface area (Å²) in [6.07, 6.45) is -3.64. The number of nitrogens with zero attached hydrogens (tertiary/aromatic N) is 6. The molecule has 0 radical (unpaired) electrons. The number of H-pyrrole nitrogens is 1. The maximum Gasteiger partial charge on any atom is 0.453 e. The van der Waals surface area contributed by atoms with E-state index in [1.807, 2.05) is 11.5 Å². The molecule has 9 nitrogen and oxygen atoms in total. The van der Waals surface area contributed by atoms with Crippen molar-refractivity contribution < 1.29 is 18.0 Å². The zero-order valence-corrected chi connectivity index (χ0v) is 17.5. The summed E-state index contributed by atoms with van der Waals surface area (Å²) in [7, 11) is 0. The highest BCUT2D eigenvalue weighted by molar-refractivity contribution is 7.71. The summed E-state index contributed by atoms with van der Waals surface area (Å²) < 4.78 is 42.1. The fourth-order valence-electron chi connectivity index (χ4n) is 3.20. The molecule has 0 saturated heterocycles. The van der Waals surface area contributed by atoms with Gasteiger partial charge in [-0.25, -0.2) is 9.50 Å². The van der Waals surface area contributed by atoms with Crippen molar-refractivity contribution in [2.45, 2.75) is 52.8 Å². The standard InChI is InChI=1S/C17H21F3N8OS/c1-4-27-12(24-25-16(27)30)7-8-21-13(29)6-5-11-9(2)22-15-23-14(17(18,19)20)26-28(15)10(11)3/h4-8H2,1-3H3,(H,21,29)(H,25,30). The molecule has 0 fully saturated rings. The zero-order valence-electron chi connectivity index (χ0n) is 16.7. The van der Waals surface area contributed by atoms with E-state index in [9.17, 15) is 18.0 Å². The first-order chi connectivity index (χ1) is 14.1. The van der Waals surface area contributed by atoms with Crippen LogP contribution in [-0.4, -0.2) is 46.8 Å². The Bertz CT molecular complexity index is 1130. The Morgan fingerprint density at radius 2 is 1.97 bits per heavy atom. The number of fused-ring (bicyclic) bond motifs is 1. The van der Waals surface area contributed by atoms with Gasteiger partial charge in [-0.15, -0.1) is 5.10 Å². The molecular formula is C17H21F3N8OS. The predicted octanol–water partition coefficient (Wildman–Crippen LogP) is 2.33. The molecule has 0 aliphatic rings. The molecule has 162 valence electrons. The largest absolute Gasteiger partial charge is 0.453 e. The normalized spacial score (nSPS) is 11.9. The number of aryl methyl sites for hydroxylation is 2. The maximum absolute atomic E-state index is 12.9. The number of hydrogen-bond acceptors (Lipinski definition) is 6. The van der Waals surface area contributed by atoms with Crippen molar-refractivity contribution in [2.75, 3.05) is 6.54 Å². The van der Waals surface area contributed by atoms with Crippen molar-refractivity contribution in [2.24, 2.45) is 0 Å². The molecule has 0 atom stereocenters. The molecule has 3 heterocycles. The Balaban J connectivity index is 1.63. The first-order valence-corrected chi connectivity index (χ1v) is 9.73. The van der Waals surface area contributed by atoms with Crippen molar-refractivity contribution in [1.29, 1.82) is 0 Å². The minimum Gasteiger partial charge on any atom is -0.356 e. The van der Waals surface area contributed by atoms with Crippen molar-refractivity contribution in [3.63, 3.8) is 0 Å². The van der Waals surface area contributed by atoms with E-state index in [0.717, 1.165) is 10.3 Å². The number of aromatic amines is 1. The molecule has 0 bridgehead atoms.